The first-order chi connectivity index (χ1) is 14.9. The lowest BCUT2D eigenvalue weighted by atomic mass is 9.94. The number of halogens is 3. The van der Waals surface area contributed by atoms with Crippen LogP contribution in [-0.4, -0.2) is 27.6 Å². The number of aromatic nitrogens is 3. The fourth-order valence-electron chi connectivity index (χ4n) is 4.55. The van der Waals surface area contributed by atoms with E-state index in [0.29, 0.717) is 29.3 Å². The Balaban J connectivity index is 1.77. The summed E-state index contributed by atoms with van der Waals surface area (Å²) in [6.45, 7) is 4.44. The number of piperidine rings is 1. The summed E-state index contributed by atoms with van der Waals surface area (Å²) >= 11 is 1.49. The minimum absolute atomic E-state index is 0.0562. The molecule has 1 aromatic carbocycles. The number of pyridine rings is 1. The molecule has 4 nitrogen and oxygen atoms in total. The van der Waals surface area contributed by atoms with Gasteiger partial charge in [0, 0.05) is 11.9 Å². The maximum absolute atomic E-state index is 14.0. The van der Waals surface area contributed by atoms with Gasteiger partial charge in [0.15, 0.2) is 11.5 Å². The number of imidazole rings is 1. The van der Waals surface area contributed by atoms with Crippen molar-refractivity contribution in [3.63, 3.8) is 0 Å². The van der Waals surface area contributed by atoms with E-state index < -0.39 is 11.9 Å². The number of aryl methyl sites for hydroxylation is 2. The third kappa shape index (κ3) is 3.72. The third-order valence-electron chi connectivity index (χ3n) is 6.14. The molecule has 0 saturated carbocycles. The van der Waals surface area contributed by atoms with Crippen molar-refractivity contribution in [2.45, 2.75) is 38.9 Å². The first kappa shape index (κ1) is 20.5. The van der Waals surface area contributed by atoms with Crippen LogP contribution in [0.5, 0.6) is 0 Å². The van der Waals surface area contributed by atoms with E-state index >= 15 is 0 Å². The van der Waals surface area contributed by atoms with Gasteiger partial charge in [0.1, 0.15) is 5.52 Å². The van der Waals surface area contributed by atoms with E-state index in [1.807, 2.05) is 34.2 Å². The highest BCUT2D eigenvalue weighted by molar-refractivity contribution is 7.13. The lowest BCUT2D eigenvalue weighted by molar-refractivity contribution is -0.139. The van der Waals surface area contributed by atoms with Crippen molar-refractivity contribution in [1.82, 2.24) is 19.9 Å². The molecule has 3 aromatic heterocycles. The Hall–Kier alpha value is -2.45. The number of para-hydroxylation sites is 1. The summed E-state index contributed by atoms with van der Waals surface area (Å²) < 4.78 is 44.1. The number of alkyl halides is 3. The minimum atomic E-state index is -4.57. The summed E-state index contributed by atoms with van der Waals surface area (Å²) in [6, 6.07) is 9.36. The number of rotatable bonds is 4. The predicted molar refractivity (Wildman–Crippen MR) is 118 cm³/mol. The van der Waals surface area contributed by atoms with Crippen LogP contribution in [0.15, 0.2) is 35.7 Å². The molecule has 5 rings (SSSR count). The Labute approximate surface area is 182 Å². The SMILES string of the molecule is Cc1cccc2c1nc(C(F)(F)F)c1nc(-c3cccs3)n(CCC3CCNCC3)c12. The first-order valence-corrected chi connectivity index (χ1v) is 11.4. The van der Waals surface area contributed by atoms with Crippen LogP contribution < -0.4 is 5.32 Å². The zero-order valence-electron chi connectivity index (χ0n) is 17.2. The summed E-state index contributed by atoms with van der Waals surface area (Å²) in [7, 11) is 0. The maximum Gasteiger partial charge on any atom is 0.435 e. The van der Waals surface area contributed by atoms with Crippen LogP contribution in [0.2, 0.25) is 0 Å². The second-order valence-corrected chi connectivity index (χ2v) is 9.12. The van der Waals surface area contributed by atoms with Crippen molar-refractivity contribution < 1.29 is 13.2 Å². The normalized spacial score (nSPS) is 15.9. The molecule has 1 saturated heterocycles. The second-order valence-electron chi connectivity index (χ2n) is 8.17. The van der Waals surface area contributed by atoms with Crippen LogP contribution in [0.4, 0.5) is 13.2 Å². The molecule has 4 heterocycles. The van der Waals surface area contributed by atoms with Gasteiger partial charge in [-0.05, 0) is 62.2 Å². The topological polar surface area (TPSA) is 42.7 Å². The molecule has 0 bridgehead atoms. The van der Waals surface area contributed by atoms with Crippen molar-refractivity contribution >= 4 is 33.3 Å². The third-order valence-corrected chi connectivity index (χ3v) is 7.00. The molecule has 31 heavy (non-hydrogen) atoms. The molecule has 1 aliphatic rings. The van der Waals surface area contributed by atoms with Gasteiger partial charge in [0.25, 0.3) is 0 Å². The lowest BCUT2D eigenvalue weighted by Gasteiger charge is -2.23. The number of nitrogens with zero attached hydrogens (tertiary/aromatic N) is 3. The smallest absolute Gasteiger partial charge is 0.323 e. The summed E-state index contributed by atoms with van der Waals surface area (Å²) in [4.78, 5) is 9.47. The quantitative estimate of drug-likeness (QED) is 0.418. The predicted octanol–water partition coefficient (Wildman–Crippen LogP) is 6.03. The summed E-state index contributed by atoms with van der Waals surface area (Å²) in [5, 5.41) is 6.03. The van der Waals surface area contributed by atoms with Crippen LogP contribution >= 0.6 is 11.3 Å². The van der Waals surface area contributed by atoms with Crippen LogP contribution in [0.25, 0.3) is 32.6 Å². The van der Waals surface area contributed by atoms with E-state index in [-0.39, 0.29) is 5.52 Å². The molecule has 4 aromatic rings. The Morgan fingerprint density at radius 3 is 2.61 bits per heavy atom. The molecule has 0 unspecified atom stereocenters. The van der Waals surface area contributed by atoms with Crippen LogP contribution in [0, 0.1) is 12.8 Å². The van der Waals surface area contributed by atoms with Gasteiger partial charge >= 0.3 is 6.18 Å². The molecule has 162 valence electrons. The fraction of sp³-hybridized carbons (Fsp3) is 0.391. The Bertz CT molecular complexity index is 1220. The molecule has 0 atom stereocenters. The van der Waals surface area contributed by atoms with Gasteiger partial charge < -0.3 is 9.88 Å². The van der Waals surface area contributed by atoms with Gasteiger partial charge in [0.05, 0.1) is 15.9 Å². The number of benzene rings is 1. The van der Waals surface area contributed by atoms with E-state index in [4.69, 9.17) is 0 Å². The molecular weight excluding hydrogens is 421 g/mol. The number of hydrogen-bond donors (Lipinski definition) is 1. The number of fused-ring (bicyclic) bond motifs is 3. The largest absolute Gasteiger partial charge is 0.435 e. The molecule has 0 radical (unpaired) electrons. The van der Waals surface area contributed by atoms with E-state index in [2.05, 4.69) is 15.3 Å². The van der Waals surface area contributed by atoms with Crippen molar-refractivity contribution in [1.29, 1.82) is 0 Å². The zero-order valence-corrected chi connectivity index (χ0v) is 18.0. The van der Waals surface area contributed by atoms with Crippen molar-refractivity contribution in [2.75, 3.05) is 13.1 Å². The zero-order chi connectivity index (χ0) is 21.6. The van der Waals surface area contributed by atoms with E-state index in [0.717, 1.165) is 48.2 Å². The molecule has 1 fully saturated rings. The minimum Gasteiger partial charge on any atom is -0.323 e. The van der Waals surface area contributed by atoms with Gasteiger partial charge in [-0.1, -0.05) is 24.3 Å². The summed E-state index contributed by atoms with van der Waals surface area (Å²) in [6.07, 6.45) is -1.47. The number of hydrogen-bond acceptors (Lipinski definition) is 4. The average molecular weight is 445 g/mol. The highest BCUT2D eigenvalue weighted by Crippen LogP contribution is 2.40. The summed E-state index contributed by atoms with van der Waals surface area (Å²) in [5.41, 5.74) is 0.706. The van der Waals surface area contributed by atoms with E-state index in [1.54, 1.807) is 13.0 Å². The molecule has 1 aliphatic heterocycles. The van der Waals surface area contributed by atoms with Gasteiger partial charge in [-0.3, -0.25) is 0 Å². The van der Waals surface area contributed by atoms with Gasteiger partial charge in [-0.15, -0.1) is 11.3 Å². The maximum atomic E-state index is 14.0. The van der Waals surface area contributed by atoms with Crippen LogP contribution in [0.3, 0.4) is 0 Å². The number of nitrogens with one attached hydrogen (secondary N) is 1. The fourth-order valence-corrected chi connectivity index (χ4v) is 5.27. The summed E-state index contributed by atoms with van der Waals surface area (Å²) in [5.74, 6) is 1.16. The second kappa shape index (κ2) is 7.91. The molecule has 0 amide bonds. The van der Waals surface area contributed by atoms with E-state index in [9.17, 15) is 13.2 Å². The first-order valence-electron chi connectivity index (χ1n) is 10.5. The lowest BCUT2D eigenvalue weighted by Crippen LogP contribution is -2.28. The highest BCUT2D eigenvalue weighted by Gasteiger charge is 2.38. The van der Waals surface area contributed by atoms with Crippen LogP contribution in [-0.2, 0) is 12.7 Å². The molecule has 8 heteroatoms. The van der Waals surface area contributed by atoms with Gasteiger partial charge in [-0.25, -0.2) is 9.97 Å². The van der Waals surface area contributed by atoms with Crippen molar-refractivity contribution in [2.24, 2.45) is 5.92 Å². The molecule has 0 aliphatic carbocycles. The van der Waals surface area contributed by atoms with Crippen molar-refractivity contribution in [3.8, 4) is 10.7 Å². The highest BCUT2D eigenvalue weighted by atomic mass is 32.1. The van der Waals surface area contributed by atoms with E-state index in [1.165, 1.54) is 11.3 Å². The molecule has 0 spiro atoms. The van der Waals surface area contributed by atoms with Gasteiger partial charge in [-0.2, -0.15) is 13.2 Å². The molecular formula is C23H23F3N4S. The Morgan fingerprint density at radius 2 is 1.90 bits per heavy atom. The Kier molecular flexibility index (Phi) is 5.22. The van der Waals surface area contributed by atoms with Gasteiger partial charge in [0.2, 0.25) is 0 Å². The average Bonchev–Trinajstić information content (AvgIpc) is 3.40. The van der Waals surface area contributed by atoms with Crippen LogP contribution in [0.1, 0.15) is 30.5 Å². The Morgan fingerprint density at radius 1 is 1.10 bits per heavy atom. The molecule has 1 N–H and O–H groups in total. The monoisotopic (exact) mass is 444 g/mol. The standard InChI is InChI=1S/C23H23F3N4S/c1-14-4-2-5-16-18(14)28-21(23(24,25)26)19-20(16)30(12-9-15-7-10-27-11-8-15)22(29-19)17-6-3-13-31-17/h2-6,13,15,27H,7-12H2,1H3. The van der Waals surface area contributed by atoms with Crippen molar-refractivity contribution in [3.05, 3.63) is 47.0 Å². The number of thiophene rings is 1.